The van der Waals surface area contributed by atoms with Crippen LogP contribution in [0.15, 0.2) is 72.4 Å². The summed E-state index contributed by atoms with van der Waals surface area (Å²) in [4.78, 5) is 19.3. The summed E-state index contributed by atoms with van der Waals surface area (Å²) in [6, 6.07) is 15.1. The number of thiophene rings is 1. The van der Waals surface area contributed by atoms with E-state index >= 15 is 0 Å². The third-order valence-electron chi connectivity index (χ3n) is 3.67. The smallest absolute Gasteiger partial charge is 0.454 e. The number of aliphatic hydroxyl groups is 1. The van der Waals surface area contributed by atoms with Gasteiger partial charge in [-0.25, -0.2) is 0 Å². The molecule has 0 atom stereocenters. The maximum absolute atomic E-state index is 11.7. The Hall–Kier alpha value is -1.99. The summed E-state index contributed by atoms with van der Waals surface area (Å²) >= 11 is 1.05. The fraction of sp³-hybridized carbons (Fsp3) is 0.0500. The van der Waals surface area contributed by atoms with E-state index in [-0.39, 0.29) is 49.1 Å². The fourth-order valence-electron chi connectivity index (χ4n) is 2.38. The molecule has 1 aromatic carbocycles. The molecule has 1 N–H and O–H groups in total. The summed E-state index contributed by atoms with van der Waals surface area (Å²) < 4.78 is 35.2. The maximum Gasteiger partial charge on any atom is 0.454 e. The molecule has 4 nitrogen and oxygen atoms in total. The third kappa shape index (κ3) is 6.00. The van der Waals surface area contributed by atoms with Gasteiger partial charge in [-0.15, -0.1) is 11.3 Å². The monoisotopic (exact) mass is 566 g/mol. The van der Waals surface area contributed by atoms with Crippen molar-refractivity contribution >= 4 is 44.7 Å². The van der Waals surface area contributed by atoms with Crippen LogP contribution in [0.4, 0.5) is 13.2 Å². The summed E-state index contributed by atoms with van der Waals surface area (Å²) in [5.41, 5.74) is 1.95. The van der Waals surface area contributed by atoms with Crippen molar-refractivity contribution in [1.82, 2.24) is 9.97 Å². The molecule has 0 aliphatic heterocycles. The fourth-order valence-corrected chi connectivity index (χ4v) is 3.02. The van der Waals surface area contributed by atoms with Gasteiger partial charge in [-0.3, -0.25) is 14.8 Å². The van der Waals surface area contributed by atoms with Crippen molar-refractivity contribution in [2.24, 2.45) is 0 Å². The summed E-state index contributed by atoms with van der Waals surface area (Å²) in [6.45, 7) is 0. The SMILES string of the molecule is O=C(/C=C(\O)c1cccs1)C(F)(F)F.[Dy].c1cnc2c(c1)ccc1cccnc12. The molecular formula is C20H13DyF3N2O2S. The predicted molar refractivity (Wildman–Crippen MR) is 103 cm³/mol. The van der Waals surface area contributed by atoms with Gasteiger partial charge in [-0.2, -0.15) is 13.2 Å². The number of halogens is 3. The molecular weight excluding hydrogens is 552 g/mol. The molecule has 9 heteroatoms. The van der Waals surface area contributed by atoms with E-state index in [1.165, 1.54) is 6.07 Å². The second-order valence-electron chi connectivity index (χ2n) is 5.58. The van der Waals surface area contributed by atoms with E-state index in [0.717, 1.165) is 33.1 Å². The number of aliphatic hydroxyl groups excluding tert-OH is 1. The normalized spacial score (nSPS) is 11.5. The van der Waals surface area contributed by atoms with Gasteiger partial charge in [0.05, 0.1) is 15.9 Å². The zero-order chi connectivity index (χ0) is 20.1. The van der Waals surface area contributed by atoms with Gasteiger partial charge in [0, 0.05) is 67.4 Å². The molecule has 0 spiro atoms. The zero-order valence-electron chi connectivity index (χ0n) is 14.5. The number of hydrogen-bond donors (Lipinski definition) is 1. The molecule has 0 radical (unpaired) electrons. The van der Waals surface area contributed by atoms with E-state index in [2.05, 4.69) is 34.2 Å². The number of carbonyl (C=O) groups excluding carboxylic acids is 1. The predicted octanol–water partition coefficient (Wildman–Crippen LogP) is 5.56. The minimum absolute atomic E-state index is 0. The summed E-state index contributed by atoms with van der Waals surface area (Å²) in [5.74, 6) is -2.73. The number of pyridine rings is 2. The molecule has 0 bridgehead atoms. The number of alkyl halides is 3. The standard InChI is InChI=1S/C12H8N2.C8H5F3O2S.Dy/c1-3-9-5-6-10-4-2-8-14-12(10)11(9)13-7-1;9-8(10,11)7(13)4-5(12)6-2-1-3-14-6;/h1-8H;1-4,12H;/b;5-4-;. The number of allylic oxidation sites excluding steroid dienone is 1. The average Bonchev–Trinajstić information content (AvgIpc) is 3.23. The van der Waals surface area contributed by atoms with E-state index in [0.29, 0.717) is 0 Å². The molecule has 0 aliphatic carbocycles. The molecule has 3 aromatic heterocycles. The van der Waals surface area contributed by atoms with Crippen molar-refractivity contribution in [3.63, 3.8) is 0 Å². The second kappa shape index (κ2) is 10.2. The van der Waals surface area contributed by atoms with Crippen LogP contribution < -0.4 is 0 Å². The number of ketones is 1. The summed E-state index contributed by atoms with van der Waals surface area (Å²) in [6.07, 6.45) is -1.16. The molecule has 4 aromatic rings. The first-order valence-corrected chi connectivity index (χ1v) is 8.88. The van der Waals surface area contributed by atoms with Gasteiger partial charge in [0.2, 0.25) is 0 Å². The number of hydrogen-bond acceptors (Lipinski definition) is 5. The van der Waals surface area contributed by atoms with Crippen molar-refractivity contribution < 1.29 is 61.2 Å². The molecule has 0 unspecified atom stereocenters. The van der Waals surface area contributed by atoms with Crippen molar-refractivity contribution in [2.45, 2.75) is 6.18 Å². The molecule has 152 valence electrons. The van der Waals surface area contributed by atoms with Crippen molar-refractivity contribution in [3.8, 4) is 0 Å². The van der Waals surface area contributed by atoms with Crippen LogP contribution in [0.1, 0.15) is 4.88 Å². The Kier molecular flexibility index (Phi) is 8.16. The van der Waals surface area contributed by atoms with Gasteiger partial charge in [-0.1, -0.05) is 30.3 Å². The molecule has 0 saturated heterocycles. The van der Waals surface area contributed by atoms with Gasteiger partial charge < -0.3 is 5.11 Å². The number of rotatable bonds is 2. The molecule has 0 fully saturated rings. The van der Waals surface area contributed by atoms with Crippen molar-refractivity contribution in [3.05, 3.63) is 77.3 Å². The Labute approximate surface area is 198 Å². The topological polar surface area (TPSA) is 63.1 Å². The first-order valence-electron chi connectivity index (χ1n) is 8.00. The first kappa shape index (κ1) is 23.3. The molecule has 4 rings (SSSR count). The van der Waals surface area contributed by atoms with Gasteiger partial charge in [0.25, 0.3) is 5.78 Å². The summed E-state index contributed by atoms with van der Waals surface area (Å²) in [5, 5.41) is 13.0. The number of carbonyl (C=O) groups is 1. The number of nitrogens with zero attached hydrogens (tertiary/aromatic N) is 2. The molecule has 0 aliphatic rings. The van der Waals surface area contributed by atoms with Crippen LogP contribution in [0.3, 0.4) is 0 Å². The number of fused-ring (bicyclic) bond motifs is 3. The first-order chi connectivity index (χ1) is 13.4. The molecule has 0 amide bonds. The molecule has 29 heavy (non-hydrogen) atoms. The third-order valence-corrected chi connectivity index (χ3v) is 4.56. The second-order valence-corrected chi connectivity index (χ2v) is 6.53. The van der Waals surface area contributed by atoms with Crippen LogP contribution in [0.25, 0.3) is 27.6 Å². The van der Waals surface area contributed by atoms with Crippen LogP contribution in [-0.2, 0) is 4.79 Å². The zero-order valence-corrected chi connectivity index (χ0v) is 17.4. The Bertz CT molecular complexity index is 1090. The maximum atomic E-state index is 11.7. The van der Waals surface area contributed by atoms with Crippen molar-refractivity contribution in [1.29, 1.82) is 0 Å². The largest absolute Gasteiger partial charge is 0.506 e. The minimum atomic E-state index is -4.94. The Morgan fingerprint density at radius 1 is 0.931 bits per heavy atom. The minimum Gasteiger partial charge on any atom is -0.506 e. The van der Waals surface area contributed by atoms with Crippen LogP contribution >= 0.6 is 11.3 Å². The Morgan fingerprint density at radius 2 is 1.48 bits per heavy atom. The van der Waals surface area contributed by atoms with Gasteiger partial charge >= 0.3 is 6.18 Å². The van der Waals surface area contributed by atoms with Crippen molar-refractivity contribution in [2.75, 3.05) is 0 Å². The Balaban J connectivity index is 0.000000200. The Morgan fingerprint density at radius 3 is 1.93 bits per heavy atom. The molecule has 0 saturated carbocycles. The average molecular weight is 565 g/mol. The van der Waals surface area contributed by atoms with Gasteiger partial charge in [0.1, 0.15) is 5.76 Å². The molecule has 3 heterocycles. The van der Waals surface area contributed by atoms with Gasteiger partial charge in [-0.05, 0) is 23.6 Å². The van der Waals surface area contributed by atoms with Crippen LogP contribution in [0, 0.1) is 38.2 Å². The number of aromatic nitrogens is 2. The van der Waals surface area contributed by atoms with E-state index in [1.54, 1.807) is 23.8 Å². The van der Waals surface area contributed by atoms with E-state index in [9.17, 15) is 18.0 Å². The van der Waals surface area contributed by atoms with Crippen LogP contribution in [-0.4, -0.2) is 27.0 Å². The summed E-state index contributed by atoms with van der Waals surface area (Å²) in [7, 11) is 0. The van der Waals surface area contributed by atoms with Crippen LogP contribution in [0.2, 0.25) is 0 Å². The van der Waals surface area contributed by atoms with E-state index in [4.69, 9.17) is 5.11 Å². The number of benzene rings is 1. The quantitative estimate of drug-likeness (QED) is 0.197. The van der Waals surface area contributed by atoms with Crippen LogP contribution in [0.5, 0.6) is 0 Å². The van der Waals surface area contributed by atoms with E-state index in [1.807, 2.05) is 12.1 Å². The van der Waals surface area contributed by atoms with Gasteiger partial charge in [0.15, 0.2) is 0 Å². The van der Waals surface area contributed by atoms with E-state index < -0.39 is 17.7 Å².